The maximum atomic E-state index is 12.6. The van der Waals surface area contributed by atoms with Gasteiger partial charge in [0.1, 0.15) is 0 Å². The Bertz CT molecular complexity index is 964. The maximum absolute atomic E-state index is 12.6. The molecule has 3 N–H and O–H groups in total. The predicted molar refractivity (Wildman–Crippen MR) is 109 cm³/mol. The number of pyridine rings is 1. The van der Waals surface area contributed by atoms with Crippen LogP contribution in [0.4, 0.5) is 5.69 Å². The van der Waals surface area contributed by atoms with Crippen LogP contribution in [0.2, 0.25) is 5.02 Å². The van der Waals surface area contributed by atoms with E-state index in [4.69, 9.17) is 11.6 Å². The van der Waals surface area contributed by atoms with Gasteiger partial charge in [-0.25, -0.2) is 0 Å². The third kappa shape index (κ3) is 4.45. The fraction of sp³-hybridized carbons (Fsp3) is 0.238. The molecule has 4 rings (SSSR count). The van der Waals surface area contributed by atoms with Gasteiger partial charge in [0.2, 0.25) is 5.91 Å². The van der Waals surface area contributed by atoms with Crippen molar-refractivity contribution in [3.63, 3.8) is 0 Å². The van der Waals surface area contributed by atoms with E-state index in [1.165, 1.54) is 0 Å². The summed E-state index contributed by atoms with van der Waals surface area (Å²) < 4.78 is 0. The van der Waals surface area contributed by atoms with Gasteiger partial charge in [0.15, 0.2) is 0 Å². The van der Waals surface area contributed by atoms with Crippen LogP contribution in [0.15, 0.2) is 54.9 Å². The molecule has 0 radical (unpaired) electrons. The highest BCUT2D eigenvalue weighted by atomic mass is 35.5. The van der Waals surface area contributed by atoms with Gasteiger partial charge in [-0.1, -0.05) is 41.9 Å². The van der Waals surface area contributed by atoms with E-state index < -0.39 is 0 Å². The van der Waals surface area contributed by atoms with Crippen LogP contribution >= 0.6 is 11.6 Å². The van der Waals surface area contributed by atoms with E-state index in [2.05, 4.69) is 27.2 Å². The van der Waals surface area contributed by atoms with Gasteiger partial charge in [0.05, 0.1) is 18.3 Å². The summed E-state index contributed by atoms with van der Waals surface area (Å²) in [5, 5.41) is 5.62. The molecule has 1 fully saturated rings. The predicted octanol–water partition coefficient (Wildman–Crippen LogP) is 3.48. The zero-order valence-corrected chi connectivity index (χ0v) is 15.6. The molecule has 1 unspecified atom stereocenters. The number of carbonyl (C=O) groups excluding carboxylic acids is 1. The Morgan fingerprint density at radius 1 is 1.19 bits per heavy atom. The average Bonchev–Trinajstić information content (AvgIpc) is 3.14. The van der Waals surface area contributed by atoms with Gasteiger partial charge in [-0.3, -0.25) is 20.6 Å². The normalized spacial score (nSPS) is 16.6. The Morgan fingerprint density at radius 3 is 2.89 bits per heavy atom. The van der Waals surface area contributed by atoms with Gasteiger partial charge in [-0.2, -0.15) is 0 Å². The number of amides is 1. The summed E-state index contributed by atoms with van der Waals surface area (Å²) in [6.45, 7) is 0.972. The number of hydrogen-bond acceptors (Lipinski definition) is 4. The molecule has 1 aliphatic rings. The first kappa shape index (κ1) is 17.9. The standard InChI is InChI=1S/C21H21ClN4O/c22-17-8-14(10-18-5-6-24-26-18)7-15(9-17)11-21(27)25-20-13-23-12-16-3-1-2-4-19(16)20/h1-4,7-9,12-13,18,24,26H,5-6,10-11H2,(H,25,27). The third-order valence-corrected chi connectivity index (χ3v) is 4.95. The second-order valence-corrected chi connectivity index (χ2v) is 7.30. The smallest absolute Gasteiger partial charge is 0.228 e. The molecule has 1 aromatic heterocycles. The summed E-state index contributed by atoms with van der Waals surface area (Å²) in [6.07, 6.45) is 5.71. The van der Waals surface area contributed by atoms with Gasteiger partial charge in [0, 0.05) is 34.6 Å². The number of nitrogens with one attached hydrogen (secondary N) is 3. The van der Waals surface area contributed by atoms with E-state index in [9.17, 15) is 4.79 Å². The summed E-state index contributed by atoms with van der Waals surface area (Å²) >= 11 is 6.28. The highest BCUT2D eigenvalue weighted by molar-refractivity contribution is 6.30. The first-order valence-corrected chi connectivity index (χ1v) is 9.44. The van der Waals surface area contributed by atoms with Crippen molar-refractivity contribution in [3.8, 4) is 0 Å². The van der Waals surface area contributed by atoms with Crippen LogP contribution in [0.25, 0.3) is 10.8 Å². The molecule has 5 nitrogen and oxygen atoms in total. The minimum absolute atomic E-state index is 0.0815. The first-order chi connectivity index (χ1) is 13.2. The van der Waals surface area contributed by atoms with E-state index >= 15 is 0 Å². The number of anilines is 1. The molecular formula is C21H21ClN4O. The minimum atomic E-state index is -0.0815. The third-order valence-electron chi connectivity index (χ3n) is 4.73. The second kappa shape index (κ2) is 8.05. The molecule has 27 heavy (non-hydrogen) atoms. The molecule has 1 aliphatic heterocycles. The van der Waals surface area contributed by atoms with E-state index in [1.807, 2.05) is 36.4 Å². The molecule has 1 atom stereocenters. The van der Waals surface area contributed by atoms with Gasteiger partial charge >= 0.3 is 0 Å². The van der Waals surface area contributed by atoms with Crippen LogP contribution in [0.3, 0.4) is 0 Å². The molecule has 1 amide bonds. The van der Waals surface area contributed by atoms with Crippen molar-refractivity contribution in [1.82, 2.24) is 15.8 Å². The molecule has 138 valence electrons. The molecule has 3 aromatic rings. The summed E-state index contributed by atoms with van der Waals surface area (Å²) in [6, 6.07) is 14.1. The zero-order chi connectivity index (χ0) is 18.6. The van der Waals surface area contributed by atoms with Crippen LogP contribution in [0.5, 0.6) is 0 Å². The van der Waals surface area contributed by atoms with Crippen molar-refractivity contribution in [1.29, 1.82) is 0 Å². The lowest BCUT2D eigenvalue weighted by molar-refractivity contribution is -0.115. The van der Waals surface area contributed by atoms with Crippen LogP contribution in [0.1, 0.15) is 17.5 Å². The SMILES string of the molecule is O=C(Cc1cc(Cl)cc(CC2CCNN2)c1)Nc1cncc2ccccc12. The molecule has 0 saturated carbocycles. The summed E-state index contributed by atoms with van der Waals surface area (Å²) in [5.74, 6) is -0.0815. The Balaban J connectivity index is 1.48. The van der Waals surface area contributed by atoms with Gasteiger partial charge in [0.25, 0.3) is 0 Å². The average molecular weight is 381 g/mol. The number of halogens is 1. The number of hydrazine groups is 1. The van der Waals surface area contributed by atoms with E-state index in [0.717, 1.165) is 47.0 Å². The van der Waals surface area contributed by atoms with Crippen molar-refractivity contribution >= 4 is 34.0 Å². The highest BCUT2D eigenvalue weighted by Gasteiger charge is 2.15. The number of carbonyl (C=O) groups is 1. The molecule has 0 spiro atoms. The van der Waals surface area contributed by atoms with E-state index in [0.29, 0.717) is 11.1 Å². The number of aromatic nitrogens is 1. The lowest BCUT2D eigenvalue weighted by Crippen LogP contribution is -2.31. The number of hydrogen-bond donors (Lipinski definition) is 3. The van der Waals surface area contributed by atoms with E-state index in [-0.39, 0.29) is 12.3 Å². The molecule has 2 aromatic carbocycles. The number of nitrogens with zero attached hydrogens (tertiary/aromatic N) is 1. The highest BCUT2D eigenvalue weighted by Crippen LogP contribution is 2.22. The number of rotatable bonds is 5. The molecule has 0 aliphatic carbocycles. The first-order valence-electron chi connectivity index (χ1n) is 9.07. The lowest BCUT2D eigenvalue weighted by Gasteiger charge is -2.12. The summed E-state index contributed by atoms with van der Waals surface area (Å²) in [7, 11) is 0. The van der Waals surface area contributed by atoms with Gasteiger partial charge in [-0.05, 0) is 36.1 Å². The lowest BCUT2D eigenvalue weighted by atomic mass is 10.0. The molecule has 2 heterocycles. The molecule has 1 saturated heterocycles. The Morgan fingerprint density at radius 2 is 2.04 bits per heavy atom. The monoisotopic (exact) mass is 380 g/mol. The largest absolute Gasteiger partial charge is 0.324 e. The van der Waals surface area contributed by atoms with Crippen LogP contribution in [0, 0.1) is 0 Å². The molecular weight excluding hydrogens is 360 g/mol. The molecule has 0 bridgehead atoms. The van der Waals surface area contributed by atoms with Crippen LogP contribution in [-0.4, -0.2) is 23.5 Å². The van der Waals surface area contributed by atoms with Crippen LogP contribution in [-0.2, 0) is 17.6 Å². The van der Waals surface area contributed by atoms with Crippen molar-refractivity contribution in [2.75, 3.05) is 11.9 Å². The topological polar surface area (TPSA) is 66.1 Å². The Kier molecular flexibility index (Phi) is 5.34. The zero-order valence-electron chi connectivity index (χ0n) is 14.8. The fourth-order valence-corrected chi connectivity index (χ4v) is 3.79. The Hall–Kier alpha value is -2.47. The number of benzene rings is 2. The van der Waals surface area contributed by atoms with Crippen molar-refractivity contribution in [3.05, 3.63) is 71.0 Å². The number of fused-ring (bicyclic) bond motifs is 1. The van der Waals surface area contributed by atoms with Crippen molar-refractivity contribution < 1.29 is 4.79 Å². The fourth-order valence-electron chi connectivity index (χ4n) is 3.51. The second-order valence-electron chi connectivity index (χ2n) is 6.86. The Labute approximate surface area is 163 Å². The maximum Gasteiger partial charge on any atom is 0.228 e. The van der Waals surface area contributed by atoms with Gasteiger partial charge in [-0.15, -0.1) is 0 Å². The quantitative estimate of drug-likeness (QED) is 0.634. The van der Waals surface area contributed by atoms with Crippen molar-refractivity contribution in [2.24, 2.45) is 0 Å². The van der Waals surface area contributed by atoms with E-state index in [1.54, 1.807) is 12.4 Å². The van der Waals surface area contributed by atoms with Crippen molar-refractivity contribution in [2.45, 2.75) is 25.3 Å². The summed E-state index contributed by atoms with van der Waals surface area (Å²) in [4.78, 5) is 16.8. The molecule has 6 heteroatoms. The van der Waals surface area contributed by atoms with Gasteiger partial charge < -0.3 is 5.32 Å². The summed E-state index contributed by atoms with van der Waals surface area (Å²) in [5.41, 5.74) is 9.17. The minimum Gasteiger partial charge on any atom is -0.324 e. The van der Waals surface area contributed by atoms with Crippen LogP contribution < -0.4 is 16.2 Å².